The van der Waals surface area contributed by atoms with Gasteiger partial charge in [-0.25, -0.2) is 4.79 Å². The lowest BCUT2D eigenvalue weighted by Crippen LogP contribution is -2.32. The van der Waals surface area contributed by atoms with Crippen molar-refractivity contribution in [1.82, 2.24) is 14.9 Å². The molecule has 0 saturated heterocycles. The highest BCUT2D eigenvalue weighted by molar-refractivity contribution is 4.82. The van der Waals surface area contributed by atoms with E-state index in [1.165, 1.54) is 16.8 Å². The maximum atomic E-state index is 11.3. The lowest BCUT2D eigenvalue weighted by molar-refractivity contribution is 0.194. The smallest absolute Gasteiger partial charge is 0.328 e. The summed E-state index contributed by atoms with van der Waals surface area (Å²) in [6.07, 6.45) is 2.44. The van der Waals surface area contributed by atoms with Crippen molar-refractivity contribution in [2.75, 3.05) is 26.8 Å². The average molecular weight is 227 g/mol. The largest absolute Gasteiger partial charge is 0.385 e. The van der Waals surface area contributed by atoms with E-state index in [0.29, 0.717) is 13.1 Å². The minimum atomic E-state index is -0.369. The van der Waals surface area contributed by atoms with E-state index in [1.54, 1.807) is 7.11 Å². The summed E-state index contributed by atoms with van der Waals surface area (Å²) in [4.78, 5) is 24.3. The molecule has 0 bridgehead atoms. The van der Waals surface area contributed by atoms with Crippen molar-refractivity contribution in [1.29, 1.82) is 0 Å². The molecule has 0 atom stereocenters. The van der Waals surface area contributed by atoms with E-state index in [0.717, 1.165) is 19.6 Å². The molecule has 0 aliphatic rings. The Hall–Kier alpha value is -1.40. The fourth-order valence-electron chi connectivity index (χ4n) is 1.29. The van der Waals surface area contributed by atoms with Gasteiger partial charge in [0.25, 0.3) is 5.56 Å². The van der Waals surface area contributed by atoms with E-state index in [1.807, 2.05) is 0 Å². The molecule has 0 radical (unpaired) electrons. The maximum absolute atomic E-state index is 11.3. The van der Waals surface area contributed by atoms with Crippen molar-refractivity contribution in [3.05, 3.63) is 33.1 Å². The van der Waals surface area contributed by atoms with Gasteiger partial charge in [0.15, 0.2) is 0 Å². The van der Waals surface area contributed by atoms with Crippen LogP contribution in [0.3, 0.4) is 0 Å². The number of rotatable bonds is 7. The Kier molecular flexibility index (Phi) is 5.52. The summed E-state index contributed by atoms with van der Waals surface area (Å²) in [5.74, 6) is 0. The molecule has 1 rings (SSSR count). The second-order valence-corrected chi connectivity index (χ2v) is 3.40. The van der Waals surface area contributed by atoms with Crippen molar-refractivity contribution in [2.45, 2.75) is 13.0 Å². The van der Waals surface area contributed by atoms with Crippen LogP contribution in [0.1, 0.15) is 6.42 Å². The first-order valence-corrected chi connectivity index (χ1v) is 5.23. The number of nitrogens with zero attached hydrogens (tertiary/aromatic N) is 1. The van der Waals surface area contributed by atoms with Crippen LogP contribution in [0.15, 0.2) is 21.9 Å². The number of hydrogen-bond acceptors (Lipinski definition) is 4. The van der Waals surface area contributed by atoms with Crippen LogP contribution in [0.25, 0.3) is 0 Å². The fraction of sp³-hybridized carbons (Fsp3) is 0.600. The van der Waals surface area contributed by atoms with Crippen molar-refractivity contribution in [3.63, 3.8) is 0 Å². The van der Waals surface area contributed by atoms with E-state index in [-0.39, 0.29) is 11.2 Å². The normalized spacial score (nSPS) is 10.6. The summed E-state index contributed by atoms with van der Waals surface area (Å²) >= 11 is 0. The molecule has 6 nitrogen and oxygen atoms in total. The maximum Gasteiger partial charge on any atom is 0.328 e. The van der Waals surface area contributed by atoms with E-state index < -0.39 is 0 Å². The third-order valence-electron chi connectivity index (χ3n) is 2.13. The van der Waals surface area contributed by atoms with Crippen LogP contribution in [-0.2, 0) is 11.3 Å². The van der Waals surface area contributed by atoms with E-state index in [4.69, 9.17) is 4.74 Å². The monoisotopic (exact) mass is 227 g/mol. The van der Waals surface area contributed by atoms with E-state index >= 15 is 0 Å². The minimum Gasteiger partial charge on any atom is -0.385 e. The molecular formula is C10H17N3O3. The molecule has 0 aliphatic heterocycles. The van der Waals surface area contributed by atoms with Gasteiger partial charge in [0.1, 0.15) is 0 Å². The molecule has 1 heterocycles. The SMILES string of the molecule is COCCCNCCn1ccc(=O)[nH]c1=O. The van der Waals surface area contributed by atoms with Gasteiger partial charge in [-0.2, -0.15) is 0 Å². The van der Waals surface area contributed by atoms with Gasteiger partial charge in [0, 0.05) is 39.1 Å². The Morgan fingerprint density at radius 3 is 2.94 bits per heavy atom. The Labute approximate surface area is 93.3 Å². The van der Waals surface area contributed by atoms with Crippen LogP contribution in [0, 0.1) is 0 Å². The summed E-state index contributed by atoms with van der Waals surface area (Å²) in [5, 5.41) is 3.18. The number of aromatic amines is 1. The standard InChI is InChI=1S/C10H17N3O3/c1-16-8-2-4-11-5-7-13-6-3-9(14)12-10(13)15/h3,6,11H,2,4-5,7-8H2,1H3,(H,12,14,15). The highest BCUT2D eigenvalue weighted by atomic mass is 16.5. The second-order valence-electron chi connectivity index (χ2n) is 3.40. The van der Waals surface area contributed by atoms with Crippen LogP contribution >= 0.6 is 0 Å². The highest BCUT2D eigenvalue weighted by Crippen LogP contribution is 1.78. The fourth-order valence-corrected chi connectivity index (χ4v) is 1.29. The number of aromatic nitrogens is 2. The Balaban J connectivity index is 2.27. The minimum absolute atomic E-state index is 0.366. The van der Waals surface area contributed by atoms with Gasteiger partial charge in [-0.05, 0) is 13.0 Å². The van der Waals surface area contributed by atoms with Gasteiger partial charge in [-0.15, -0.1) is 0 Å². The molecule has 16 heavy (non-hydrogen) atoms. The summed E-state index contributed by atoms with van der Waals surface area (Å²) in [7, 11) is 1.67. The van der Waals surface area contributed by atoms with Crippen molar-refractivity contribution >= 4 is 0 Å². The molecule has 0 fully saturated rings. The van der Waals surface area contributed by atoms with E-state index in [2.05, 4.69) is 10.3 Å². The van der Waals surface area contributed by atoms with Crippen molar-refractivity contribution in [2.24, 2.45) is 0 Å². The van der Waals surface area contributed by atoms with Gasteiger partial charge < -0.3 is 10.1 Å². The van der Waals surface area contributed by atoms with Crippen LogP contribution in [0.5, 0.6) is 0 Å². The first kappa shape index (κ1) is 12.7. The average Bonchev–Trinajstić information content (AvgIpc) is 2.26. The van der Waals surface area contributed by atoms with Crippen molar-refractivity contribution < 1.29 is 4.74 Å². The van der Waals surface area contributed by atoms with Crippen LogP contribution < -0.4 is 16.6 Å². The predicted molar refractivity (Wildman–Crippen MR) is 60.7 cm³/mol. The predicted octanol–water partition coefficient (Wildman–Crippen LogP) is -0.837. The number of H-pyrrole nitrogens is 1. The zero-order valence-electron chi connectivity index (χ0n) is 9.36. The quantitative estimate of drug-likeness (QED) is 0.596. The lowest BCUT2D eigenvalue weighted by atomic mass is 10.4. The number of methoxy groups -OCH3 is 1. The van der Waals surface area contributed by atoms with Crippen molar-refractivity contribution in [3.8, 4) is 0 Å². The summed E-state index contributed by atoms with van der Waals surface area (Å²) in [5.41, 5.74) is -0.736. The highest BCUT2D eigenvalue weighted by Gasteiger charge is 1.95. The zero-order valence-corrected chi connectivity index (χ0v) is 9.36. The number of hydrogen-bond donors (Lipinski definition) is 2. The Morgan fingerprint density at radius 1 is 1.44 bits per heavy atom. The van der Waals surface area contributed by atoms with Gasteiger partial charge in [-0.3, -0.25) is 14.3 Å². The van der Waals surface area contributed by atoms with Crippen LogP contribution in [0.2, 0.25) is 0 Å². The first-order valence-electron chi connectivity index (χ1n) is 5.23. The summed E-state index contributed by atoms with van der Waals surface area (Å²) < 4.78 is 6.37. The first-order chi connectivity index (χ1) is 7.74. The number of ether oxygens (including phenoxy) is 1. The molecule has 0 aliphatic carbocycles. The molecule has 0 unspecified atom stereocenters. The Morgan fingerprint density at radius 2 is 2.25 bits per heavy atom. The van der Waals surface area contributed by atoms with Gasteiger partial charge >= 0.3 is 5.69 Å². The summed E-state index contributed by atoms with van der Waals surface area (Å²) in [6.45, 7) is 2.82. The Bertz CT molecular complexity index is 410. The van der Waals surface area contributed by atoms with E-state index in [9.17, 15) is 9.59 Å². The van der Waals surface area contributed by atoms with Gasteiger partial charge in [-0.1, -0.05) is 0 Å². The molecule has 6 heteroatoms. The molecule has 1 aromatic heterocycles. The molecule has 90 valence electrons. The molecule has 1 aromatic rings. The zero-order chi connectivity index (χ0) is 11.8. The molecule has 0 aromatic carbocycles. The molecule has 2 N–H and O–H groups in total. The van der Waals surface area contributed by atoms with Crippen LogP contribution in [-0.4, -0.2) is 36.4 Å². The second kappa shape index (κ2) is 6.97. The van der Waals surface area contributed by atoms with Gasteiger partial charge in [0.2, 0.25) is 0 Å². The third-order valence-corrected chi connectivity index (χ3v) is 2.13. The molecule has 0 spiro atoms. The topological polar surface area (TPSA) is 76.1 Å². The molecule has 0 saturated carbocycles. The van der Waals surface area contributed by atoms with Crippen LogP contribution in [0.4, 0.5) is 0 Å². The molecule has 0 amide bonds. The molecular weight excluding hydrogens is 210 g/mol. The van der Waals surface area contributed by atoms with Gasteiger partial charge in [0.05, 0.1) is 0 Å². The number of nitrogens with one attached hydrogen (secondary N) is 2. The lowest BCUT2D eigenvalue weighted by Gasteiger charge is -2.06. The summed E-state index contributed by atoms with van der Waals surface area (Å²) in [6, 6.07) is 1.34. The third kappa shape index (κ3) is 4.41.